The van der Waals surface area contributed by atoms with Crippen molar-refractivity contribution in [2.45, 2.75) is 52.8 Å². The second kappa shape index (κ2) is 7.96. The molecule has 0 bridgehead atoms. The van der Waals surface area contributed by atoms with Gasteiger partial charge in [-0.3, -0.25) is 4.90 Å². The van der Waals surface area contributed by atoms with Gasteiger partial charge in [0.05, 0.1) is 12.2 Å². The van der Waals surface area contributed by atoms with Crippen LogP contribution in [-0.4, -0.2) is 22.6 Å². The Kier molecular flexibility index (Phi) is 5.16. The molecule has 0 aliphatic carbocycles. The minimum atomic E-state index is 0.147. The van der Waals surface area contributed by atoms with Gasteiger partial charge in [0.25, 0.3) is 0 Å². The molecule has 3 heteroatoms. The Morgan fingerprint density at radius 1 is 0.933 bits per heavy atom. The van der Waals surface area contributed by atoms with Crippen molar-refractivity contribution in [2.75, 3.05) is 13.1 Å². The molecule has 0 saturated carbocycles. The van der Waals surface area contributed by atoms with E-state index in [-0.39, 0.29) is 6.10 Å². The van der Waals surface area contributed by atoms with Gasteiger partial charge in [-0.15, -0.1) is 0 Å². The molecule has 3 nitrogen and oxygen atoms in total. The van der Waals surface area contributed by atoms with Gasteiger partial charge < -0.3 is 9.30 Å². The molecule has 5 rings (SSSR count). The van der Waals surface area contributed by atoms with Crippen LogP contribution in [0.2, 0.25) is 0 Å². The highest BCUT2D eigenvalue weighted by atomic mass is 16.5. The van der Waals surface area contributed by atoms with E-state index in [2.05, 4.69) is 85.0 Å². The second-order valence-electron chi connectivity index (χ2n) is 9.20. The summed E-state index contributed by atoms with van der Waals surface area (Å²) >= 11 is 0. The Hall–Kier alpha value is -2.52. The molecule has 0 amide bonds. The first kappa shape index (κ1) is 19.4. The minimum absolute atomic E-state index is 0.147. The summed E-state index contributed by atoms with van der Waals surface area (Å²) in [7, 11) is 0. The summed E-state index contributed by atoms with van der Waals surface area (Å²) in [5.74, 6) is 1.61. The highest BCUT2D eigenvalue weighted by molar-refractivity contribution is 5.38. The number of nitrogens with zero attached hydrogens (tertiary/aromatic N) is 2. The van der Waals surface area contributed by atoms with Gasteiger partial charge in [-0.2, -0.15) is 0 Å². The number of aromatic nitrogens is 1. The van der Waals surface area contributed by atoms with Crippen LogP contribution in [0.25, 0.3) is 0 Å². The van der Waals surface area contributed by atoms with Crippen LogP contribution in [0.3, 0.4) is 0 Å². The zero-order chi connectivity index (χ0) is 20.7. The smallest absolute Gasteiger partial charge is 0.141 e. The number of ether oxygens (including phenoxy) is 1. The number of hydrogen-bond acceptors (Lipinski definition) is 2. The zero-order valence-electron chi connectivity index (χ0n) is 18.4. The average molecular weight is 401 g/mol. The first-order chi connectivity index (χ1) is 14.6. The van der Waals surface area contributed by atoms with Crippen LogP contribution < -0.4 is 4.74 Å². The number of likely N-dealkylation sites (tertiary alicyclic amines) is 1. The Morgan fingerprint density at radius 2 is 1.67 bits per heavy atom. The number of para-hydroxylation sites is 1. The molecule has 3 aromatic rings. The molecule has 0 radical (unpaired) electrons. The normalized spacial score (nSPS) is 19.6. The van der Waals surface area contributed by atoms with E-state index in [1.54, 1.807) is 0 Å². The topological polar surface area (TPSA) is 17.4 Å². The van der Waals surface area contributed by atoms with Crippen LogP contribution in [0.15, 0.2) is 54.7 Å². The molecule has 1 unspecified atom stereocenters. The van der Waals surface area contributed by atoms with Gasteiger partial charge in [0.1, 0.15) is 11.9 Å². The third-order valence-electron chi connectivity index (χ3n) is 7.01. The summed E-state index contributed by atoms with van der Waals surface area (Å²) in [6, 6.07) is 17.6. The number of rotatable bonds is 3. The van der Waals surface area contributed by atoms with Crippen LogP contribution in [0, 0.1) is 26.7 Å². The van der Waals surface area contributed by atoms with Gasteiger partial charge in [-0.05, 0) is 81.6 Å². The van der Waals surface area contributed by atoms with Crippen LogP contribution in [0.4, 0.5) is 0 Å². The predicted octanol–water partition coefficient (Wildman–Crippen LogP) is 5.81. The van der Waals surface area contributed by atoms with E-state index in [0.717, 1.165) is 31.9 Å². The summed E-state index contributed by atoms with van der Waals surface area (Å²) in [5.41, 5.74) is 8.33. The lowest BCUT2D eigenvalue weighted by molar-refractivity contribution is 0.0715. The number of benzene rings is 2. The van der Waals surface area contributed by atoms with Gasteiger partial charge in [0.2, 0.25) is 0 Å². The Bertz CT molecular complexity index is 1020. The number of fused-ring (bicyclic) bond motifs is 2. The van der Waals surface area contributed by atoms with E-state index >= 15 is 0 Å². The van der Waals surface area contributed by atoms with E-state index in [1.165, 1.54) is 46.4 Å². The molecule has 3 heterocycles. The zero-order valence-corrected chi connectivity index (χ0v) is 18.4. The van der Waals surface area contributed by atoms with Crippen molar-refractivity contribution in [3.63, 3.8) is 0 Å². The first-order valence-electron chi connectivity index (χ1n) is 11.3. The van der Waals surface area contributed by atoms with E-state index < -0.39 is 0 Å². The maximum absolute atomic E-state index is 6.65. The van der Waals surface area contributed by atoms with E-state index in [9.17, 15) is 0 Å². The molecule has 156 valence electrons. The van der Waals surface area contributed by atoms with E-state index in [4.69, 9.17) is 4.74 Å². The van der Waals surface area contributed by atoms with E-state index in [1.807, 2.05) is 0 Å². The predicted molar refractivity (Wildman–Crippen MR) is 122 cm³/mol. The summed E-state index contributed by atoms with van der Waals surface area (Å²) in [5, 5.41) is 0. The highest BCUT2D eigenvalue weighted by Gasteiger charge is 2.33. The molecule has 2 aliphatic heterocycles. The van der Waals surface area contributed by atoms with Crippen molar-refractivity contribution in [1.82, 2.24) is 9.47 Å². The van der Waals surface area contributed by atoms with Crippen LogP contribution in [0.1, 0.15) is 52.5 Å². The van der Waals surface area contributed by atoms with Crippen molar-refractivity contribution in [1.29, 1.82) is 0 Å². The number of hydrogen-bond donors (Lipinski definition) is 0. The third kappa shape index (κ3) is 3.67. The third-order valence-corrected chi connectivity index (χ3v) is 7.01. The fraction of sp³-hybridized carbons (Fsp3) is 0.407. The van der Waals surface area contributed by atoms with Crippen molar-refractivity contribution in [3.8, 4) is 5.75 Å². The Balaban J connectivity index is 1.31. The van der Waals surface area contributed by atoms with Gasteiger partial charge in [-0.1, -0.05) is 35.9 Å². The van der Waals surface area contributed by atoms with E-state index in [0.29, 0.717) is 5.92 Å². The highest BCUT2D eigenvalue weighted by Crippen LogP contribution is 2.39. The lowest BCUT2D eigenvalue weighted by Gasteiger charge is -2.36. The summed E-state index contributed by atoms with van der Waals surface area (Å²) in [6.07, 6.45) is 4.71. The minimum Gasteiger partial charge on any atom is -0.484 e. The fourth-order valence-electron chi connectivity index (χ4n) is 5.39. The van der Waals surface area contributed by atoms with Crippen LogP contribution >= 0.6 is 0 Å². The maximum Gasteiger partial charge on any atom is 0.141 e. The fourth-order valence-corrected chi connectivity index (χ4v) is 5.39. The summed E-state index contributed by atoms with van der Waals surface area (Å²) in [6.45, 7) is 10.9. The first-order valence-corrected chi connectivity index (χ1v) is 11.3. The Labute approximate surface area is 180 Å². The lowest BCUT2D eigenvalue weighted by Crippen LogP contribution is -2.37. The monoisotopic (exact) mass is 400 g/mol. The second-order valence-corrected chi connectivity index (χ2v) is 9.20. The Morgan fingerprint density at radius 3 is 2.43 bits per heavy atom. The van der Waals surface area contributed by atoms with Gasteiger partial charge >= 0.3 is 0 Å². The molecule has 2 aromatic carbocycles. The average Bonchev–Trinajstić information content (AvgIpc) is 3.12. The molecule has 1 atom stereocenters. The van der Waals surface area contributed by atoms with Crippen molar-refractivity contribution in [3.05, 3.63) is 88.2 Å². The molecular formula is C27H32N2O. The molecule has 0 N–H and O–H groups in total. The summed E-state index contributed by atoms with van der Waals surface area (Å²) < 4.78 is 9.02. The molecule has 1 aromatic heterocycles. The van der Waals surface area contributed by atoms with Crippen molar-refractivity contribution in [2.24, 2.45) is 5.92 Å². The lowest BCUT2D eigenvalue weighted by atomic mass is 9.88. The molecule has 2 aliphatic rings. The number of aryl methyl sites for hydroxylation is 3. The molecular weight excluding hydrogens is 368 g/mol. The molecule has 1 saturated heterocycles. The molecule has 30 heavy (non-hydrogen) atoms. The van der Waals surface area contributed by atoms with Crippen molar-refractivity contribution >= 4 is 0 Å². The van der Waals surface area contributed by atoms with Gasteiger partial charge in [0.15, 0.2) is 0 Å². The summed E-state index contributed by atoms with van der Waals surface area (Å²) in [4.78, 5) is 2.63. The van der Waals surface area contributed by atoms with Crippen LogP contribution in [0.5, 0.6) is 5.75 Å². The quantitative estimate of drug-likeness (QED) is 0.552. The van der Waals surface area contributed by atoms with Crippen molar-refractivity contribution < 1.29 is 4.74 Å². The van der Waals surface area contributed by atoms with Crippen LogP contribution in [-0.2, 0) is 13.1 Å². The number of piperidine rings is 1. The molecule has 0 spiro atoms. The molecule has 1 fully saturated rings. The van der Waals surface area contributed by atoms with Gasteiger partial charge in [0, 0.05) is 24.2 Å². The maximum atomic E-state index is 6.65. The SMILES string of the molecule is Cc1cc(C)c(CN2CCC(C3Oc4ccccc4Cn4cccc43)CC2)c(C)c1. The largest absolute Gasteiger partial charge is 0.484 e. The standard InChI is InChI=1S/C27H32N2O/c1-19-15-20(2)24(21(3)16-19)18-28-13-10-22(11-14-28)27-25-8-6-12-29(25)17-23-7-4-5-9-26(23)30-27/h4-9,12,15-16,22,27H,10-11,13-14,17-18H2,1-3H3. The van der Waals surface area contributed by atoms with Gasteiger partial charge in [-0.25, -0.2) is 0 Å².